The lowest BCUT2D eigenvalue weighted by atomic mass is 9.70. The van der Waals surface area contributed by atoms with Crippen molar-refractivity contribution >= 4 is 11.8 Å². The quantitative estimate of drug-likeness (QED) is 0.541. The Morgan fingerprint density at radius 1 is 1.29 bits per heavy atom. The fraction of sp³-hybridized carbons (Fsp3) is 0.444. The molecule has 0 spiro atoms. The number of nitrogens with zero attached hydrogens (tertiary/aromatic N) is 1. The molecule has 0 N–H and O–H groups in total. The number of hydrogen-bond donors (Lipinski definition) is 0. The minimum absolute atomic E-state index is 0.142. The molecule has 0 unspecified atom stereocenters. The Kier molecular flexibility index (Phi) is 4.31. The Bertz CT molecular complexity index is 607. The molecule has 21 heavy (non-hydrogen) atoms. The summed E-state index contributed by atoms with van der Waals surface area (Å²) in [5, 5.41) is 10.7. The fourth-order valence-electron chi connectivity index (χ4n) is 3.30. The van der Waals surface area contributed by atoms with Gasteiger partial charge in [-0.15, -0.1) is 0 Å². The zero-order valence-corrected chi connectivity index (χ0v) is 13.3. The summed E-state index contributed by atoms with van der Waals surface area (Å²) in [4.78, 5) is 10.3. The van der Waals surface area contributed by atoms with E-state index in [2.05, 4.69) is 33.8 Å². The van der Waals surface area contributed by atoms with E-state index in [1.54, 1.807) is 12.1 Å². The van der Waals surface area contributed by atoms with Crippen LogP contribution in [-0.4, -0.2) is 4.92 Å². The number of benzene rings is 1. The van der Waals surface area contributed by atoms with Gasteiger partial charge in [0, 0.05) is 12.1 Å². The standard InChI is InChI=1S/C18H23NO2/c1-5-17-13(2)15(10-11-18(17,3)4)12-14-6-8-16(9-7-14)19(20)21/h6-9,12H,5,10-11H2,1-4H3/b15-12+. The van der Waals surface area contributed by atoms with Gasteiger partial charge in [-0.05, 0) is 60.4 Å². The van der Waals surface area contributed by atoms with E-state index in [9.17, 15) is 10.1 Å². The third-order valence-corrected chi connectivity index (χ3v) is 4.57. The van der Waals surface area contributed by atoms with E-state index in [-0.39, 0.29) is 16.0 Å². The molecule has 0 fully saturated rings. The molecule has 0 radical (unpaired) electrons. The third kappa shape index (κ3) is 3.23. The Hall–Kier alpha value is -1.90. The maximum Gasteiger partial charge on any atom is 0.269 e. The first-order chi connectivity index (χ1) is 9.85. The van der Waals surface area contributed by atoms with Gasteiger partial charge in [0.25, 0.3) is 5.69 Å². The number of non-ortho nitro benzene ring substituents is 1. The van der Waals surface area contributed by atoms with Crippen LogP contribution >= 0.6 is 0 Å². The van der Waals surface area contributed by atoms with E-state index in [0.29, 0.717) is 0 Å². The highest BCUT2D eigenvalue weighted by molar-refractivity contribution is 5.61. The number of hydrogen-bond acceptors (Lipinski definition) is 2. The van der Waals surface area contributed by atoms with Crippen molar-refractivity contribution in [2.24, 2.45) is 5.41 Å². The van der Waals surface area contributed by atoms with Crippen LogP contribution in [0.15, 0.2) is 41.0 Å². The number of allylic oxidation sites excluding steroid dienone is 3. The third-order valence-electron chi connectivity index (χ3n) is 4.57. The van der Waals surface area contributed by atoms with Crippen molar-refractivity contribution in [3.05, 3.63) is 56.7 Å². The molecule has 0 saturated carbocycles. The summed E-state index contributed by atoms with van der Waals surface area (Å²) in [5.41, 5.74) is 5.74. The van der Waals surface area contributed by atoms with Crippen LogP contribution in [0, 0.1) is 15.5 Å². The molecule has 1 aromatic rings. The van der Waals surface area contributed by atoms with Crippen molar-refractivity contribution in [1.29, 1.82) is 0 Å². The van der Waals surface area contributed by atoms with E-state index in [1.807, 2.05) is 12.1 Å². The zero-order valence-electron chi connectivity index (χ0n) is 13.3. The summed E-state index contributed by atoms with van der Waals surface area (Å²) >= 11 is 0. The highest BCUT2D eigenvalue weighted by Gasteiger charge is 2.29. The van der Waals surface area contributed by atoms with Gasteiger partial charge in [-0.3, -0.25) is 10.1 Å². The molecule has 0 heterocycles. The predicted molar refractivity (Wildman–Crippen MR) is 87.1 cm³/mol. The highest BCUT2D eigenvalue weighted by atomic mass is 16.6. The van der Waals surface area contributed by atoms with Gasteiger partial charge in [-0.25, -0.2) is 0 Å². The first-order valence-corrected chi connectivity index (χ1v) is 7.51. The smallest absolute Gasteiger partial charge is 0.258 e. The molecule has 1 aliphatic rings. The van der Waals surface area contributed by atoms with E-state index in [1.165, 1.54) is 16.7 Å². The van der Waals surface area contributed by atoms with Crippen molar-refractivity contribution in [2.45, 2.75) is 47.0 Å². The minimum atomic E-state index is -0.361. The molecule has 0 aliphatic heterocycles. The second-order valence-corrected chi connectivity index (χ2v) is 6.36. The van der Waals surface area contributed by atoms with Crippen molar-refractivity contribution in [3.8, 4) is 0 Å². The fourth-order valence-corrected chi connectivity index (χ4v) is 3.30. The molecule has 0 saturated heterocycles. The molecule has 3 nitrogen and oxygen atoms in total. The van der Waals surface area contributed by atoms with Crippen LogP contribution in [0.2, 0.25) is 0 Å². The number of rotatable bonds is 3. The first-order valence-electron chi connectivity index (χ1n) is 7.51. The molecule has 0 atom stereocenters. The minimum Gasteiger partial charge on any atom is -0.258 e. The normalized spacial score (nSPS) is 19.9. The van der Waals surface area contributed by atoms with Gasteiger partial charge in [0.15, 0.2) is 0 Å². The summed E-state index contributed by atoms with van der Waals surface area (Å²) in [5.74, 6) is 0. The molecule has 1 aliphatic carbocycles. The Balaban J connectivity index is 2.35. The van der Waals surface area contributed by atoms with Crippen molar-refractivity contribution in [2.75, 3.05) is 0 Å². The van der Waals surface area contributed by atoms with Gasteiger partial charge >= 0.3 is 0 Å². The van der Waals surface area contributed by atoms with Crippen LogP contribution in [0.25, 0.3) is 6.08 Å². The van der Waals surface area contributed by atoms with Gasteiger partial charge in [0.2, 0.25) is 0 Å². The summed E-state index contributed by atoms with van der Waals surface area (Å²) in [6, 6.07) is 6.78. The molecule has 3 heteroatoms. The topological polar surface area (TPSA) is 43.1 Å². The zero-order chi connectivity index (χ0) is 15.6. The Morgan fingerprint density at radius 3 is 2.43 bits per heavy atom. The maximum absolute atomic E-state index is 10.7. The molecule has 1 aromatic carbocycles. The Labute approximate surface area is 126 Å². The summed E-state index contributed by atoms with van der Waals surface area (Å²) in [6.45, 7) is 9.06. The van der Waals surface area contributed by atoms with Gasteiger partial charge in [0.05, 0.1) is 4.92 Å². The van der Waals surface area contributed by atoms with Crippen LogP contribution in [0.4, 0.5) is 5.69 Å². The van der Waals surface area contributed by atoms with Gasteiger partial charge < -0.3 is 0 Å². The lowest BCUT2D eigenvalue weighted by Gasteiger charge is -2.35. The molecule has 0 aromatic heterocycles. The maximum atomic E-state index is 10.7. The molecular formula is C18H23NO2. The van der Waals surface area contributed by atoms with Crippen molar-refractivity contribution in [1.82, 2.24) is 0 Å². The monoisotopic (exact) mass is 285 g/mol. The molecule has 0 amide bonds. The Morgan fingerprint density at radius 2 is 1.90 bits per heavy atom. The van der Waals surface area contributed by atoms with Crippen molar-refractivity contribution < 1.29 is 4.92 Å². The van der Waals surface area contributed by atoms with Crippen LogP contribution in [0.5, 0.6) is 0 Å². The van der Waals surface area contributed by atoms with Crippen LogP contribution in [0.3, 0.4) is 0 Å². The average Bonchev–Trinajstić information content (AvgIpc) is 2.43. The van der Waals surface area contributed by atoms with Gasteiger partial charge in [0.1, 0.15) is 0 Å². The van der Waals surface area contributed by atoms with Crippen LogP contribution < -0.4 is 0 Å². The summed E-state index contributed by atoms with van der Waals surface area (Å²) < 4.78 is 0. The van der Waals surface area contributed by atoms with Gasteiger partial charge in [-0.1, -0.05) is 32.4 Å². The average molecular weight is 285 g/mol. The largest absolute Gasteiger partial charge is 0.269 e. The van der Waals surface area contributed by atoms with E-state index in [0.717, 1.165) is 24.8 Å². The van der Waals surface area contributed by atoms with E-state index < -0.39 is 0 Å². The van der Waals surface area contributed by atoms with E-state index in [4.69, 9.17) is 0 Å². The van der Waals surface area contributed by atoms with Crippen LogP contribution in [-0.2, 0) is 0 Å². The second kappa shape index (κ2) is 5.84. The summed E-state index contributed by atoms with van der Waals surface area (Å²) in [7, 11) is 0. The number of nitro benzene ring substituents is 1. The number of nitro groups is 1. The first kappa shape index (κ1) is 15.5. The molecule has 2 rings (SSSR count). The van der Waals surface area contributed by atoms with E-state index >= 15 is 0 Å². The van der Waals surface area contributed by atoms with Crippen LogP contribution in [0.1, 0.15) is 52.5 Å². The van der Waals surface area contributed by atoms with Gasteiger partial charge in [-0.2, -0.15) is 0 Å². The predicted octanol–water partition coefficient (Wildman–Crippen LogP) is 5.52. The molecular weight excluding hydrogens is 262 g/mol. The second-order valence-electron chi connectivity index (χ2n) is 6.36. The summed E-state index contributed by atoms with van der Waals surface area (Å²) in [6.07, 6.45) is 5.48. The lowest BCUT2D eigenvalue weighted by Crippen LogP contribution is -2.21. The molecule has 112 valence electrons. The van der Waals surface area contributed by atoms with Crippen molar-refractivity contribution in [3.63, 3.8) is 0 Å². The molecule has 0 bridgehead atoms. The SMILES string of the molecule is CCC1=C(C)/C(=C/c2ccc([N+](=O)[O-])cc2)CCC1(C)C. The highest BCUT2D eigenvalue weighted by Crippen LogP contribution is 2.44. The lowest BCUT2D eigenvalue weighted by molar-refractivity contribution is -0.384.